The molecule has 2 amide bonds. The molecule has 1 aliphatic rings. The maximum Gasteiger partial charge on any atom is 0.220 e. The Balaban J connectivity index is 1.06. The minimum atomic E-state index is -0.00505. The van der Waals surface area contributed by atoms with E-state index in [0.29, 0.717) is 45.6 Å². The molecule has 4 rings (SSSR count). The van der Waals surface area contributed by atoms with Gasteiger partial charge in [-0.3, -0.25) is 9.59 Å². The first-order valence-electron chi connectivity index (χ1n) is 14.8. The maximum absolute atomic E-state index is 12.3. The number of ether oxygens (including phenoxy) is 1. The van der Waals surface area contributed by atoms with Gasteiger partial charge in [0.2, 0.25) is 11.8 Å². The normalized spacial score (nSPS) is 11.6. The molecule has 0 saturated carbocycles. The van der Waals surface area contributed by atoms with E-state index >= 15 is 0 Å². The van der Waals surface area contributed by atoms with Gasteiger partial charge in [0, 0.05) is 81.0 Å². The van der Waals surface area contributed by atoms with Crippen LogP contribution in [-0.4, -0.2) is 70.9 Å². The third-order valence-corrected chi connectivity index (χ3v) is 8.39. The number of carbonyl (C=O) groups is 2. The smallest absolute Gasteiger partial charge is 0.220 e. The molecule has 9 nitrogen and oxygen atoms in total. The molecule has 1 aliphatic heterocycles. The average Bonchev–Trinajstić information content (AvgIpc) is 2.99. The predicted octanol–water partition coefficient (Wildman–Crippen LogP) is 3.99. The topological polar surface area (TPSA) is 106 Å². The summed E-state index contributed by atoms with van der Waals surface area (Å²) >= 11 is 1.15. The van der Waals surface area contributed by atoms with Crippen LogP contribution >= 0.6 is 11.4 Å². The number of anilines is 2. The summed E-state index contributed by atoms with van der Waals surface area (Å²) in [6.07, 6.45) is 2.95. The Bertz CT molecular complexity index is 1510. The largest absolute Gasteiger partial charge is 0.508 e. The molecule has 0 atom stereocenters. The van der Waals surface area contributed by atoms with Crippen LogP contribution < -0.4 is 25.8 Å². The third kappa shape index (κ3) is 10.1. The summed E-state index contributed by atoms with van der Waals surface area (Å²) in [4.78, 5) is 34.6. The number of thiol groups is 1. The second kappa shape index (κ2) is 16.1. The Hall–Kier alpha value is -3.89. The Morgan fingerprint density at radius 1 is 0.860 bits per heavy atom. The van der Waals surface area contributed by atoms with Crippen LogP contribution in [0.25, 0.3) is 0 Å². The van der Waals surface area contributed by atoms with Gasteiger partial charge >= 0.3 is 0 Å². The lowest BCUT2D eigenvalue weighted by Crippen LogP contribution is -2.28. The number of nitrogens with zero attached hydrogens (tertiary/aromatic N) is 3. The number of aromatic hydroxyl groups is 1. The number of nitrogens with one attached hydrogen (secondary N) is 2. The van der Waals surface area contributed by atoms with Gasteiger partial charge in [0.1, 0.15) is 5.75 Å². The molecule has 0 unspecified atom stereocenters. The molecule has 0 spiro atoms. The Morgan fingerprint density at radius 2 is 1.58 bits per heavy atom. The Labute approximate surface area is 257 Å². The number of phenols is 1. The molecule has 1 heterocycles. The number of phenolic OH excluding ortho intramolecular Hbond substituents is 1. The van der Waals surface area contributed by atoms with Gasteiger partial charge in [0.25, 0.3) is 0 Å². The highest BCUT2D eigenvalue weighted by atomic mass is 32.1. The molecule has 0 fully saturated rings. The van der Waals surface area contributed by atoms with Gasteiger partial charge in [-0.1, -0.05) is 12.1 Å². The highest BCUT2D eigenvalue weighted by Crippen LogP contribution is 2.32. The zero-order chi connectivity index (χ0) is 30.6. The van der Waals surface area contributed by atoms with Crippen molar-refractivity contribution in [2.24, 2.45) is 4.99 Å². The van der Waals surface area contributed by atoms with Gasteiger partial charge in [-0.15, -0.1) is 0 Å². The van der Waals surface area contributed by atoms with E-state index in [-0.39, 0.29) is 17.6 Å². The second-order valence-corrected chi connectivity index (χ2v) is 12.0. The zero-order valence-electron chi connectivity index (χ0n) is 25.3. The van der Waals surface area contributed by atoms with Gasteiger partial charge in [-0.25, -0.2) is 4.99 Å². The fourth-order valence-electron chi connectivity index (χ4n) is 4.66. The van der Waals surface area contributed by atoms with Gasteiger partial charge in [-0.05, 0) is 73.4 Å². The van der Waals surface area contributed by atoms with Gasteiger partial charge in [-0.2, -0.15) is 11.4 Å². The summed E-state index contributed by atoms with van der Waals surface area (Å²) in [7, 11) is 6.14. The van der Waals surface area contributed by atoms with Crippen LogP contribution in [0.2, 0.25) is 0 Å². The summed E-state index contributed by atoms with van der Waals surface area (Å²) < 4.78 is 6.76. The number of carbonyl (C=O) groups excluding carboxylic acids is 2. The number of hydrogen-bond donors (Lipinski definition) is 4. The van der Waals surface area contributed by atoms with Crippen LogP contribution in [-0.2, 0) is 20.7 Å². The minimum Gasteiger partial charge on any atom is -0.508 e. The molecule has 43 heavy (non-hydrogen) atoms. The van der Waals surface area contributed by atoms with Crippen molar-refractivity contribution < 1.29 is 19.4 Å². The average molecular weight is 606 g/mol. The van der Waals surface area contributed by atoms with Crippen LogP contribution in [0.15, 0.2) is 70.6 Å². The molecule has 3 aromatic rings. The number of hydrogen-bond acceptors (Lipinski definition) is 7. The standard InChI is InChI=1S/C33H43N5O4S/c1-37(2)25-10-14-28-30(22-25)43-31-23-26(11-15-29(31)36-28)38(3)19-4-6-32(40)35-18-21-42-20-5-7-33(41)34-17-16-24-8-12-27(39)13-9-24/h8-15,22-23,39,43H,4-7,16-21H2,1-3H3,(H,34,41)(H,35,40). The van der Waals surface area contributed by atoms with Crippen LogP contribution in [0.4, 0.5) is 17.1 Å². The molecule has 10 heteroatoms. The summed E-state index contributed by atoms with van der Waals surface area (Å²) in [5, 5.41) is 16.1. The number of amides is 2. The van der Waals surface area contributed by atoms with Crippen molar-refractivity contribution in [1.82, 2.24) is 10.6 Å². The Kier molecular flexibility index (Phi) is 12.0. The summed E-state index contributed by atoms with van der Waals surface area (Å²) in [6.45, 7) is 2.68. The van der Waals surface area contributed by atoms with E-state index in [1.165, 1.54) is 15.1 Å². The van der Waals surface area contributed by atoms with E-state index in [0.717, 1.165) is 53.0 Å². The van der Waals surface area contributed by atoms with E-state index in [9.17, 15) is 14.7 Å². The lowest BCUT2D eigenvalue weighted by atomic mass is 10.1. The molecule has 0 aromatic heterocycles. The van der Waals surface area contributed by atoms with Crippen molar-refractivity contribution in [3.63, 3.8) is 0 Å². The van der Waals surface area contributed by atoms with E-state index in [1.807, 2.05) is 26.2 Å². The highest BCUT2D eigenvalue weighted by molar-refractivity contribution is 7.91. The first kappa shape index (κ1) is 32.0. The predicted molar refractivity (Wildman–Crippen MR) is 175 cm³/mol. The van der Waals surface area contributed by atoms with Crippen LogP contribution in [0.3, 0.4) is 0 Å². The molecular weight excluding hydrogens is 562 g/mol. The molecule has 3 N–H and O–H groups in total. The molecule has 0 saturated heterocycles. The quantitative estimate of drug-likeness (QED) is 0.0875. The molecule has 0 bridgehead atoms. The van der Waals surface area contributed by atoms with Crippen molar-refractivity contribution in [3.8, 4) is 5.75 Å². The van der Waals surface area contributed by atoms with Crippen molar-refractivity contribution in [2.75, 3.05) is 63.8 Å². The van der Waals surface area contributed by atoms with E-state index in [4.69, 9.17) is 9.73 Å². The lowest BCUT2D eigenvalue weighted by Gasteiger charge is -2.20. The molecule has 0 radical (unpaired) electrons. The van der Waals surface area contributed by atoms with E-state index < -0.39 is 0 Å². The second-order valence-electron chi connectivity index (χ2n) is 10.8. The Morgan fingerprint density at radius 3 is 2.35 bits per heavy atom. The SMILES string of the molecule is CN(C)c1ccc2c(c1)[SH]=c1cc(N(C)CCCC(=O)NCCOCCCC(=O)NCCc3ccc(O)cc3)ccc1=N2. The minimum absolute atomic E-state index is 0.00505. The van der Waals surface area contributed by atoms with Gasteiger partial charge < -0.3 is 30.3 Å². The summed E-state index contributed by atoms with van der Waals surface area (Å²) in [5.74, 6) is 0.246. The first-order chi connectivity index (χ1) is 20.8. The van der Waals surface area contributed by atoms with Crippen LogP contribution in [0.5, 0.6) is 5.75 Å². The van der Waals surface area contributed by atoms with Gasteiger partial charge in [0.05, 0.1) is 17.7 Å². The number of fused-ring (bicyclic) bond motifs is 2. The maximum atomic E-state index is 12.3. The monoisotopic (exact) mass is 605 g/mol. The highest BCUT2D eigenvalue weighted by Gasteiger charge is 2.09. The van der Waals surface area contributed by atoms with Crippen molar-refractivity contribution in [1.29, 1.82) is 0 Å². The van der Waals surface area contributed by atoms with Crippen molar-refractivity contribution >= 4 is 40.2 Å². The third-order valence-electron chi connectivity index (χ3n) is 7.19. The lowest BCUT2D eigenvalue weighted by molar-refractivity contribution is -0.121. The molecule has 230 valence electrons. The molecular formula is C33H43N5O4S. The zero-order valence-corrected chi connectivity index (χ0v) is 26.2. The number of rotatable bonds is 16. The van der Waals surface area contributed by atoms with Crippen LogP contribution in [0.1, 0.15) is 31.2 Å². The fraction of sp³-hybridized carbons (Fsp3) is 0.394. The molecule has 3 aromatic carbocycles. The van der Waals surface area contributed by atoms with Gasteiger partial charge in [0.15, 0.2) is 0 Å². The molecule has 0 aliphatic carbocycles. The van der Waals surface area contributed by atoms with Crippen LogP contribution in [0, 0.1) is 4.51 Å². The number of benzene rings is 3. The van der Waals surface area contributed by atoms with Crippen molar-refractivity contribution in [3.05, 3.63) is 76.1 Å². The van der Waals surface area contributed by atoms with Crippen molar-refractivity contribution in [2.45, 2.75) is 37.0 Å². The van der Waals surface area contributed by atoms with E-state index in [2.05, 4.69) is 63.9 Å². The first-order valence-corrected chi connectivity index (χ1v) is 15.7. The van der Waals surface area contributed by atoms with E-state index in [1.54, 1.807) is 12.1 Å². The summed E-state index contributed by atoms with van der Waals surface area (Å²) in [6, 6.07) is 19.7. The summed E-state index contributed by atoms with van der Waals surface area (Å²) in [5.41, 5.74) is 4.38. The fourth-order valence-corrected chi connectivity index (χ4v) is 5.79.